The first-order valence-corrected chi connectivity index (χ1v) is 19.1. The fourth-order valence-corrected chi connectivity index (χ4v) is 10.7. The highest BCUT2D eigenvalue weighted by atomic mass is 32.3. The van der Waals surface area contributed by atoms with Crippen LogP contribution >= 0.6 is 10.0 Å². The van der Waals surface area contributed by atoms with Gasteiger partial charge in [-0.1, -0.05) is 188 Å². The Morgan fingerprint density at radius 2 is 0.837 bits per heavy atom. The van der Waals surface area contributed by atoms with E-state index in [-0.39, 0.29) is 6.42 Å². The predicted octanol–water partition coefficient (Wildman–Crippen LogP) is 12.6. The Labute approximate surface area is 293 Å². The summed E-state index contributed by atoms with van der Waals surface area (Å²) in [6.07, 6.45) is 8.47. The number of allylic oxidation sites excluding steroid dienone is 2. The van der Waals surface area contributed by atoms with Crippen molar-refractivity contribution in [1.29, 1.82) is 0 Å². The molecule has 0 spiro atoms. The molecule has 0 atom stereocenters. The summed E-state index contributed by atoms with van der Waals surface area (Å²) in [7, 11) is -2.09. The van der Waals surface area contributed by atoms with Crippen LogP contribution in [-0.4, -0.2) is 11.1 Å². The van der Waals surface area contributed by atoms with Crippen LogP contribution in [0.5, 0.6) is 0 Å². The maximum Gasteiger partial charge on any atom is 0.303 e. The summed E-state index contributed by atoms with van der Waals surface area (Å²) in [5.41, 5.74) is 7.32. The standard InChI is InChI=1S/C46H44O2S/c47-42(48)35-23-6-4-2-1-3-5-7-24-36-49(41-33-21-12-22-34-41)45(39-29-17-10-18-30-39)43(37-25-13-8-14-26-37)44(38-27-15-9-16-28-38)46(49)40-31-19-11-20-32-40/h8-22,25-34H,1-7,23,35H2,(H,47,48). The number of hydrogen-bond donors (Lipinski definition) is 1. The maximum absolute atomic E-state index is 10.8. The van der Waals surface area contributed by atoms with E-state index in [9.17, 15) is 4.79 Å². The highest BCUT2D eigenvalue weighted by molar-refractivity contribution is 8.51. The van der Waals surface area contributed by atoms with Crippen LogP contribution in [0.25, 0.3) is 21.0 Å². The van der Waals surface area contributed by atoms with Gasteiger partial charge in [0.2, 0.25) is 0 Å². The Morgan fingerprint density at radius 1 is 0.469 bits per heavy atom. The molecule has 3 heteroatoms. The first-order chi connectivity index (χ1) is 24.2. The fourth-order valence-electron chi connectivity index (χ4n) is 6.77. The number of unbranched alkanes of at least 4 members (excludes halogenated alkanes) is 7. The van der Waals surface area contributed by atoms with Crippen LogP contribution in [-0.2, 0) is 4.79 Å². The lowest BCUT2D eigenvalue weighted by molar-refractivity contribution is -0.137. The largest absolute Gasteiger partial charge is 0.481 e. The van der Waals surface area contributed by atoms with E-state index in [1.54, 1.807) is 0 Å². The van der Waals surface area contributed by atoms with Gasteiger partial charge in [-0.15, -0.1) is 0 Å². The van der Waals surface area contributed by atoms with Gasteiger partial charge in [-0.25, -0.2) is 0 Å². The second-order valence-electron chi connectivity index (χ2n) is 12.4. The van der Waals surface area contributed by atoms with Crippen molar-refractivity contribution in [2.24, 2.45) is 0 Å². The van der Waals surface area contributed by atoms with E-state index in [0.717, 1.165) is 51.4 Å². The van der Waals surface area contributed by atoms with Gasteiger partial charge >= 0.3 is 5.97 Å². The lowest BCUT2D eigenvalue weighted by Gasteiger charge is -2.38. The molecule has 1 heterocycles. The molecule has 0 bridgehead atoms. The Balaban J connectivity index is 1.52. The first-order valence-electron chi connectivity index (χ1n) is 17.5. The van der Waals surface area contributed by atoms with Gasteiger partial charge in [0.05, 0.1) is 0 Å². The molecule has 5 aromatic carbocycles. The molecular formula is C46H44O2S. The third-order valence-corrected chi connectivity index (χ3v) is 12.6. The molecule has 0 fully saturated rings. The average molecular weight is 661 g/mol. The molecule has 0 unspecified atom stereocenters. The monoisotopic (exact) mass is 660 g/mol. The van der Waals surface area contributed by atoms with Crippen molar-refractivity contribution in [3.63, 3.8) is 0 Å². The van der Waals surface area contributed by atoms with Gasteiger partial charge in [0.15, 0.2) is 0 Å². The van der Waals surface area contributed by atoms with Crippen LogP contribution in [0, 0.1) is 11.2 Å². The van der Waals surface area contributed by atoms with E-state index in [4.69, 9.17) is 5.11 Å². The average Bonchev–Trinajstić information content (AvgIpc) is 3.47. The van der Waals surface area contributed by atoms with Gasteiger partial charge in [0.25, 0.3) is 0 Å². The molecule has 0 amide bonds. The summed E-state index contributed by atoms with van der Waals surface area (Å²) in [5, 5.41) is 13.0. The second kappa shape index (κ2) is 16.9. The summed E-state index contributed by atoms with van der Waals surface area (Å²) in [6.45, 7) is 0. The van der Waals surface area contributed by atoms with E-state index >= 15 is 0 Å². The lowest BCUT2D eigenvalue weighted by atomic mass is 9.89. The van der Waals surface area contributed by atoms with E-state index < -0.39 is 16.0 Å². The van der Waals surface area contributed by atoms with Crippen LogP contribution in [0.2, 0.25) is 0 Å². The molecule has 6 rings (SSSR count). The van der Waals surface area contributed by atoms with Crippen LogP contribution in [0.3, 0.4) is 0 Å². The van der Waals surface area contributed by atoms with Gasteiger partial charge in [0.1, 0.15) is 0 Å². The van der Waals surface area contributed by atoms with Gasteiger partial charge in [0, 0.05) is 38.7 Å². The molecule has 246 valence electrons. The van der Waals surface area contributed by atoms with Crippen molar-refractivity contribution in [1.82, 2.24) is 0 Å². The minimum Gasteiger partial charge on any atom is -0.481 e. The van der Waals surface area contributed by atoms with Crippen molar-refractivity contribution < 1.29 is 9.90 Å². The number of benzene rings is 5. The molecule has 49 heavy (non-hydrogen) atoms. The first kappa shape index (κ1) is 33.8. The number of carboxylic acids is 1. The van der Waals surface area contributed by atoms with Crippen molar-refractivity contribution in [3.8, 4) is 11.2 Å². The zero-order valence-corrected chi connectivity index (χ0v) is 28.9. The van der Waals surface area contributed by atoms with E-state index in [2.05, 4.69) is 163 Å². The molecule has 1 aliphatic rings. The summed E-state index contributed by atoms with van der Waals surface area (Å²) in [5.74, 6) is 3.09. The van der Waals surface area contributed by atoms with E-state index in [0.29, 0.717) is 0 Å². The van der Waals surface area contributed by atoms with Crippen molar-refractivity contribution in [2.75, 3.05) is 0 Å². The third-order valence-electron chi connectivity index (χ3n) is 9.03. The Kier molecular flexibility index (Phi) is 11.7. The Hall–Kier alpha value is -5.04. The molecule has 0 aromatic heterocycles. The van der Waals surface area contributed by atoms with E-state index in [1.165, 1.54) is 48.1 Å². The highest BCUT2D eigenvalue weighted by Crippen LogP contribution is 2.80. The van der Waals surface area contributed by atoms with Gasteiger partial charge < -0.3 is 5.11 Å². The molecule has 5 aromatic rings. The maximum atomic E-state index is 10.8. The minimum atomic E-state index is -2.09. The summed E-state index contributed by atoms with van der Waals surface area (Å²) in [4.78, 5) is 14.7. The zero-order valence-electron chi connectivity index (χ0n) is 28.1. The second-order valence-corrected chi connectivity index (χ2v) is 15.2. The normalized spacial score (nSPS) is 14.3. The smallest absolute Gasteiger partial charge is 0.303 e. The van der Waals surface area contributed by atoms with E-state index in [1.807, 2.05) is 0 Å². The van der Waals surface area contributed by atoms with Crippen molar-refractivity contribution >= 4 is 37.0 Å². The molecule has 0 saturated carbocycles. The predicted molar refractivity (Wildman–Crippen MR) is 209 cm³/mol. The van der Waals surface area contributed by atoms with Crippen molar-refractivity contribution in [2.45, 2.75) is 62.7 Å². The summed E-state index contributed by atoms with van der Waals surface area (Å²) in [6, 6.07) is 54.6. The summed E-state index contributed by atoms with van der Waals surface area (Å²) < 4.78 is 0. The van der Waals surface area contributed by atoms with Crippen LogP contribution in [0.1, 0.15) is 80.0 Å². The molecule has 1 aliphatic heterocycles. The topological polar surface area (TPSA) is 37.3 Å². The third kappa shape index (κ3) is 7.83. The molecule has 2 nitrogen and oxygen atoms in total. The molecule has 0 aliphatic carbocycles. The van der Waals surface area contributed by atoms with Crippen LogP contribution in [0.4, 0.5) is 0 Å². The van der Waals surface area contributed by atoms with Gasteiger partial charge in [-0.05, 0) is 52.5 Å². The molecular weight excluding hydrogens is 617 g/mol. The number of carboxylic acid groups (broad SMARTS) is 1. The van der Waals surface area contributed by atoms with Crippen LogP contribution < -0.4 is 0 Å². The summed E-state index contributed by atoms with van der Waals surface area (Å²) >= 11 is 0. The zero-order chi connectivity index (χ0) is 33.7. The Bertz CT molecular complexity index is 1840. The number of hydrogen-bond acceptors (Lipinski definition) is 1. The molecule has 0 saturated heterocycles. The minimum absolute atomic E-state index is 0.276. The molecule has 1 N–H and O–H groups in total. The lowest BCUT2D eigenvalue weighted by Crippen LogP contribution is -2.03. The number of aliphatic carboxylic acids is 1. The fraction of sp³-hybridized carbons (Fsp3) is 0.196. The van der Waals surface area contributed by atoms with Gasteiger partial charge in [-0.3, -0.25) is 4.79 Å². The SMILES string of the molecule is O=C(O)CCCCCCCCCC#CS1(c2ccccc2)C(c2ccccc2)=C(c2ccccc2)C(c2ccccc2)=C1c1ccccc1. The Morgan fingerprint density at radius 3 is 1.27 bits per heavy atom. The van der Waals surface area contributed by atoms with Crippen molar-refractivity contribution in [3.05, 3.63) is 174 Å². The van der Waals surface area contributed by atoms with Crippen LogP contribution in [0.15, 0.2) is 157 Å². The highest BCUT2D eigenvalue weighted by Gasteiger charge is 2.45. The number of carbonyl (C=O) groups is 1. The molecule has 0 radical (unpaired) electrons. The quantitative estimate of drug-likeness (QED) is 0.0951. The number of rotatable bonds is 14. The van der Waals surface area contributed by atoms with Gasteiger partial charge in [-0.2, -0.15) is 0 Å².